The number of nitrogens with one attached hydrogen (secondary N) is 1. The molecule has 1 N–H and O–H groups in total. The predicted molar refractivity (Wildman–Crippen MR) is 71.9 cm³/mol. The zero-order chi connectivity index (χ0) is 11.5. The minimum Gasteiger partial charge on any atom is -0.303 e. The highest BCUT2D eigenvalue weighted by Gasteiger charge is 2.08. The second kappa shape index (κ2) is 5.35. The van der Waals surface area contributed by atoms with Gasteiger partial charge < -0.3 is 5.32 Å². The maximum absolute atomic E-state index is 4.09. The van der Waals surface area contributed by atoms with E-state index in [-0.39, 0.29) is 0 Å². The zero-order valence-electron chi connectivity index (χ0n) is 9.03. The van der Waals surface area contributed by atoms with Crippen LogP contribution in [0.2, 0.25) is 0 Å². The van der Waals surface area contributed by atoms with Crippen LogP contribution in [0.15, 0.2) is 15.9 Å². The molecule has 2 rings (SSSR count). The molecule has 0 fully saturated rings. The van der Waals surface area contributed by atoms with Crippen molar-refractivity contribution in [2.24, 2.45) is 0 Å². The van der Waals surface area contributed by atoms with Crippen molar-refractivity contribution in [2.45, 2.75) is 26.4 Å². The van der Waals surface area contributed by atoms with Crippen LogP contribution in [0.4, 0.5) is 0 Å². The minimum absolute atomic E-state index is 0.348. The number of hydrogen-bond acceptors (Lipinski definition) is 5. The first-order valence-electron chi connectivity index (χ1n) is 4.93. The average molecular weight is 318 g/mol. The summed E-state index contributed by atoms with van der Waals surface area (Å²) in [5.74, 6) is 0. The molecule has 2 aromatic rings. The van der Waals surface area contributed by atoms with Crippen molar-refractivity contribution in [2.75, 3.05) is 0 Å². The molecule has 0 aliphatic rings. The van der Waals surface area contributed by atoms with Gasteiger partial charge in [-0.3, -0.25) is 0 Å². The van der Waals surface area contributed by atoms with Crippen molar-refractivity contribution < 1.29 is 0 Å². The molecule has 2 aromatic heterocycles. The molecule has 0 spiro atoms. The number of aromatic nitrogens is 2. The van der Waals surface area contributed by atoms with E-state index in [1.54, 1.807) is 22.7 Å². The number of halogens is 1. The van der Waals surface area contributed by atoms with Crippen molar-refractivity contribution in [3.63, 3.8) is 0 Å². The molecule has 0 aliphatic carbocycles. The number of hydrogen-bond donors (Lipinski definition) is 1. The van der Waals surface area contributed by atoms with E-state index in [9.17, 15) is 0 Å². The minimum atomic E-state index is 0.348. The van der Waals surface area contributed by atoms with Gasteiger partial charge in [-0.2, -0.15) is 0 Å². The van der Waals surface area contributed by atoms with E-state index >= 15 is 0 Å². The molecule has 1 unspecified atom stereocenters. The second-order valence-electron chi connectivity index (χ2n) is 3.46. The molecule has 16 heavy (non-hydrogen) atoms. The van der Waals surface area contributed by atoms with Crippen LogP contribution in [0.1, 0.15) is 27.9 Å². The van der Waals surface area contributed by atoms with E-state index in [1.807, 2.05) is 6.92 Å². The third-order valence-electron chi connectivity index (χ3n) is 2.15. The molecule has 0 radical (unpaired) electrons. The van der Waals surface area contributed by atoms with Crippen molar-refractivity contribution >= 4 is 38.6 Å². The van der Waals surface area contributed by atoms with Crippen LogP contribution in [0.25, 0.3) is 0 Å². The zero-order valence-corrected chi connectivity index (χ0v) is 12.2. The van der Waals surface area contributed by atoms with Crippen molar-refractivity contribution in [3.05, 3.63) is 30.8 Å². The molecule has 6 heteroatoms. The Kier molecular flexibility index (Phi) is 4.07. The Morgan fingerprint density at radius 2 is 2.19 bits per heavy atom. The molecule has 0 aromatic carbocycles. The summed E-state index contributed by atoms with van der Waals surface area (Å²) in [4.78, 5) is 1.33. The van der Waals surface area contributed by atoms with Gasteiger partial charge in [0.25, 0.3) is 0 Å². The Labute approximate surface area is 111 Å². The van der Waals surface area contributed by atoms with Crippen LogP contribution in [0, 0.1) is 6.92 Å². The van der Waals surface area contributed by atoms with Gasteiger partial charge in [-0.25, -0.2) is 0 Å². The highest BCUT2D eigenvalue weighted by Crippen LogP contribution is 2.27. The highest BCUT2D eigenvalue weighted by atomic mass is 79.9. The van der Waals surface area contributed by atoms with Crippen LogP contribution in [-0.2, 0) is 6.54 Å². The van der Waals surface area contributed by atoms with Gasteiger partial charge in [-0.15, -0.1) is 32.9 Å². The average Bonchev–Trinajstić information content (AvgIpc) is 2.84. The lowest BCUT2D eigenvalue weighted by molar-refractivity contribution is 0.579. The molecule has 0 saturated carbocycles. The molecule has 0 saturated heterocycles. The monoisotopic (exact) mass is 317 g/mol. The first kappa shape index (κ1) is 12.2. The lowest BCUT2D eigenvalue weighted by Gasteiger charge is -2.09. The fourth-order valence-corrected chi connectivity index (χ4v) is 3.42. The summed E-state index contributed by atoms with van der Waals surface area (Å²) in [6.45, 7) is 4.91. The molecule has 0 aliphatic heterocycles. The summed E-state index contributed by atoms with van der Waals surface area (Å²) in [6.07, 6.45) is 0. The topological polar surface area (TPSA) is 37.8 Å². The van der Waals surface area contributed by atoms with E-state index < -0.39 is 0 Å². The van der Waals surface area contributed by atoms with E-state index in [2.05, 4.69) is 50.5 Å². The Morgan fingerprint density at radius 1 is 1.38 bits per heavy atom. The van der Waals surface area contributed by atoms with Crippen molar-refractivity contribution in [1.82, 2.24) is 15.5 Å². The van der Waals surface area contributed by atoms with Crippen molar-refractivity contribution in [3.8, 4) is 0 Å². The van der Waals surface area contributed by atoms with Gasteiger partial charge in [0.2, 0.25) is 0 Å². The number of nitrogens with zero attached hydrogens (tertiary/aromatic N) is 2. The molecular formula is C10H12BrN3S2. The molecule has 2 heterocycles. The maximum Gasteiger partial charge on any atom is 0.131 e. The SMILES string of the molecule is Cc1nnc(CNC(C)c2ccc(Br)s2)s1. The Balaban J connectivity index is 1.91. The van der Waals surface area contributed by atoms with E-state index in [4.69, 9.17) is 0 Å². The van der Waals surface area contributed by atoms with Gasteiger partial charge >= 0.3 is 0 Å². The molecule has 0 amide bonds. The lowest BCUT2D eigenvalue weighted by atomic mass is 10.3. The molecule has 3 nitrogen and oxygen atoms in total. The van der Waals surface area contributed by atoms with Crippen LogP contribution < -0.4 is 5.32 Å². The number of thiophene rings is 1. The van der Waals surface area contributed by atoms with Crippen molar-refractivity contribution in [1.29, 1.82) is 0 Å². The fourth-order valence-electron chi connectivity index (χ4n) is 1.31. The quantitative estimate of drug-likeness (QED) is 0.937. The van der Waals surface area contributed by atoms with Gasteiger partial charge in [0.15, 0.2) is 0 Å². The van der Waals surface area contributed by atoms with E-state index in [0.29, 0.717) is 6.04 Å². The first-order chi connectivity index (χ1) is 7.65. The third kappa shape index (κ3) is 3.10. The van der Waals surface area contributed by atoms with Crippen LogP contribution >= 0.6 is 38.6 Å². The van der Waals surface area contributed by atoms with Gasteiger partial charge in [0.1, 0.15) is 10.0 Å². The van der Waals surface area contributed by atoms with Gasteiger partial charge in [0, 0.05) is 10.9 Å². The largest absolute Gasteiger partial charge is 0.303 e. The molecule has 0 bridgehead atoms. The molecule has 86 valence electrons. The second-order valence-corrected chi connectivity index (χ2v) is 7.22. The summed E-state index contributed by atoms with van der Waals surface area (Å²) in [7, 11) is 0. The smallest absolute Gasteiger partial charge is 0.131 e. The Bertz CT molecular complexity index is 466. The van der Waals surface area contributed by atoms with Gasteiger partial charge in [0.05, 0.1) is 10.3 Å². The predicted octanol–water partition coefficient (Wildman–Crippen LogP) is 3.52. The van der Waals surface area contributed by atoms with Gasteiger partial charge in [-0.1, -0.05) is 0 Å². The van der Waals surface area contributed by atoms with E-state index in [0.717, 1.165) is 16.6 Å². The summed E-state index contributed by atoms with van der Waals surface area (Å²) in [5.41, 5.74) is 0. The normalized spacial score (nSPS) is 12.9. The number of rotatable bonds is 4. The molecule has 1 atom stereocenters. The fraction of sp³-hybridized carbons (Fsp3) is 0.400. The molecular weight excluding hydrogens is 306 g/mol. The van der Waals surface area contributed by atoms with Crippen LogP contribution in [0.3, 0.4) is 0 Å². The number of aryl methyl sites for hydroxylation is 1. The van der Waals surface area contributed by atoms with E-state index in [1.165, 1.54) is 8.66 Å². The summed E-state index contributed by atoms with van der Waals surface area (Å²) in [6, 6.07) is 4.56. The third-order valence-corrected chi connectivity index (χ3v) is 4.79. The highest BCUT2D eigenvalue weighted by molar-refractivity contribution is 9.11. The summed E-state index contributed by atoms with van der Waals surface area (Å²) < 4.78 is 1.17. The summed E-state index contributed by atoms with van der Waals surface area (Å²) in [5, 5.41) is 13.6. The summed E-state index contributed by atoms with van der Waals surface area (Å²) >= 11 is 6.87. The lowest BCUT2D eigenvalue weighted by Crippen LogP contribution is -2.16. The Hall–Kier alpha value is -0.300. The Morgan fingerprint density at radius 3 is 2.75 bits per heavy atom. The standard InChI is InChI=1S/C10H12BrN3S2/c1-6(8-3-4-9(11)16-8)12-5-10-14-13-7(2)15-10/h3-4,6,12H,5H2,1-2H3. The maximum atomic E-state index is 4.09. The van der Waals surface area contributed by atoms with Crippen LogP contribution in [0.5, 0.6) is 0 Å². The first-order valence-corrected chi connectivity index (χ1v) is 7.35. The van der Waals surface area contributed by atoms with Crippen LogP contribution in [-0.4, -0.2) is 10.2 Å². The van der Waals surface area contributed by atoms with Gasteiger partial charge in [-0.05, 0) is 41.9 Å².